The zero-order valence-corrected chi connectivity index (χ0v) is 12.5. The molecule has 1 aliphatic rings. The summed E-state index contributed by atoms with van der Waals surface area (Å²) in [7, 11) is 0. The number of hydrogen-bond donors (Lipinski definition) is 1. The first-order valence-corrected chi connectivity index (χ1v) is 7.76. The molecule has 1 aliphatic heterocycles. The molecule has 2 aromatic heterocycles. The van der Waals surface area contributed by atoms with E-state index in [0.29, 0.717) is 11.5 Å². The second-order valence-electron chi connectivity index (χ2n) is 5.15. The van der Waals surface area contributed by atoms with E-state index >= 15 is 0 Å². The number of nitrogens with zero attached hydrogens (tertiary/aromatic N) is 2. The number of ether oxygens (including phenoxy) is 1. The monoisotopic (exact) mass is 294 g/mol. The molecule has 0 radical (unpaired) electrons. The second kappa shape index (κ2) is 5.18. The lowest BCUT2D eigenvalue weighted by molar-refractivity contribution is 0.0566. The Hall–Kier alpha value is -1.40. The Labute approximate surface area is 121 Å². The van der Waals surface area contributed by atoms with Crippen molar-refractivity contribution in [2.75, 3.05) is 13.2 Å². The Morgan fingerprint density at radius 2 is 2.40 bits per heavy atom. The Bertz CT molecular complexity index is 653. The molecule has 5 nitrogen and oxygen atoms in total. The number of thiophene rings is 1. The van der Waals surface area contributed by atoms with E-state index in [9.17, 15) is 9.90 Å². The summed E-state index contributed by atoms with van der Waals surface area (Å²) in [5.74, 6) is -0.839. The molecule has 1 saturated heterocycles. The van der Waals surface area contributed by atoms with E-state index in [1.807, 2.05) is 18.5 Å². The fraction of sp³-hybridized carbons (Fsp3) is 0.571. The molecule has 20 heavy (non-hydrogen) atoms. The van der Waals surface area contributed by atoms with E-state index in [0.717, 1.165) is 47.3 Å². The van der Waals surface area contributed by atoms with E-state index < -0.39 is 5.97 Å². The van der Waals surface area contributed by atoms with E-state index in [-0.39, 0.29) is 6.04 Å². The molecular weight excluding hydrogens is 276 g/mol. The standard InChI is InChI=1S/C14H18N2O3S/c1-3-10-11-8(2)15-16(9-5-4-6-19-7-9)13(11)20-12(10)14(17)18/h9H,3-7H2,1-2H3,(H,17,18). The fourth-order valence-corrected chi connectivity index (χ4v) is 4.22. The van der Waals surface area contributed by atoms with Crippen molar-refractivity contribution in [2.45, 2.75) is 39.2 Å². The molecule has 3 rings (SSSR count). The summed E-state index contributed by atoms with van der Waals surface area (Å²) in [6, 6.07) is 0.227. The van der Waals surface area contributed by atoms with Gasteiger partial charge in [-0.1, -0.05) is 6.92 Å². The summed E-state index contributed by atoms with van der Waals surface area (Å²) in [6.45, 7) is 5.43. The summed E-state index contributed by atoms with van der Waals surface area (Å²) in [6.07, 6.45) is 2.79. The van der Waals surface area contributed by atoms with Crippen molar-refractivity contribution in [3.63, 3.8) is 0 Å². The Kier molecular flexibility index (Phi) is 3.52. The highest BCUT2D eigenvalue weighted by molar-refractivity contribution is 7.20. The van der Waals surface area contributed by atoms with E-state index in [1.165, 1.54) is 11.3 Å². The van der Waals surface area contributed by atoms with Gasteiger partial charge in [0, 0.05) is 12.0 Å². The van der Waals surface area contributed by atoms with Crippen molar-refractivity contribution in [1.29, 1.82) is 0 Å². The van der Waals surface area contributed by atoms with Gasteiger partial charge in [0.1, 0.15) is 9.71 Å². The number of aromatic nitrogens is 2. The molecule has 0 amide bonds. The van der Waals surface area contributed by atoms with E-state index in [1.54, 1.807) is 0 Å². The predicted molar refractivity (Wildman–Crippen MR) is 77.8 cm³/mol. The smallest absolute Gasteiger partial charge is 0.346 e. The van der Waals surface area contributed by atoms with Crippen LogP contribution >= 0.6 is 11.3 Å². The first-order chi connectivity index (χ1) is 9.63. The third-order valence-corrected chi connectivity index (χ3v) is 5.06. The number of fused-ring (bicyclic) bond motifs is 1. The average molecular weight is 294 g/mol. The molecule has 108 valence electrons. The molecule has 6 heteroatoms. The molecule has 0 saturated carbocycles. The van der Waals surface area contributed by atoms with Crippen LogP contribution in [0.2, 0.25) is 0 Å². The Morgan fingerprint density at radius 3 is 3.00 bits per heavy atom. The van der Waals surface area contributed by atoms with Crippen LogP contribution < -0.4 is 0 Å². The van der Waals surface area contributed by atoms with Crippen LogP contribution in [-0.4, -0.2) is 34.1 Å². The van der Waals surface area contributed by atoms with Crippen LogP contribution in [0.5, 0.6) is 0 Å². The molecule has 1 N–H and O–H groups in total. The molecule has 0 spiro atoms. The first kappa shape index (κ1) is 13.6. The maximum absolute atomic E-state index is 11.4. The van der Waals surface area contributed by atoms with Gasteiger partial charge in [0.15, 0.2) is 0 Å². The second-order valence-corrected chi connectivity index (χ2v) is 6.15. The Morgan fingerprint density at radius 1 is 1.60 bits per heavy atom. The van der Waals surface area contributed by atoms with Gasteiger partial charge >= 0.3 is 5.97 Å². The van der Waals surface area contributed by atoms with Gasteiger partial charge in [0.2, 0.25) is 0 Å². The quantitative estimate of drug-likeness (QED) is 0.945. The highest BCUT2D eigenvalue weighted by atomic mass is 32.1. The van der Waals surface area contributed by atoms with E-state index in [4.69, 9.17) is 4.74 Å². The van der Waals surface area contributed by atoms with Gasteiger partial charge in [-0.3, -0.25) is 0 Å². The molecule has 0 bridgehead atoms. The number of rotatable bonds is 3. The molecule has 1 unspecified atom stereocenters. The van der Waals surface area contributed by atoms with E-state index in [2.05, 4.69) is 5.10 Å². The Balaban J connectivity index is 2.17. The van der Waals surface area contributed by atoms with Crippen LogP contribution in [-0.2, 0) is 11.2 Å². The van der Waals surface area contributed by atoms with Gasteiger partial charge in [-0.25, -0.2) is 9.48 Å². The third-order valence-electron chi connectivity index (χ3n) is 3.85. The highest BCUT2D eigenvalue weighted by Gasteiger charge is 2.26. The first-order valence-electron chi connectivity index (χ1n) is 6.95. The van der Waals surface area contributed by atoms with Crippen molar-refractivity contribution < 1.29 is 14.6 Å². The minimum atomic E-state index is -0.839. The number of hydrogen-bond acceptors (Lipinski definition) is 4. The summed E-state index contributed by atoms with van der Waals surface area (Å²) in [4.78, 5) is 12.8. The lowest BCUT2D eigenvalue weighted by Gasteiger charge is -2.22. The van der Waals surface area contributed by atoms with Crippen molar-refractivity contribution in [3.05, 3.63) is 16.1 Å². The topological polar surface area (TPSA) is 64.3 Å². The summed E-state index contributed by atoms with van der Waals surface area (Å²) >= 11 is 1.34. The van der Waals surface area contributed by atoms with Gasteiger partial charge in [-0.15, -0.1) is 11.3 Å². The van der Waals surface area contributed by atoms with Crippen molar-refractivity contribution in [1.82, 2.24) is 9.78 Å². The van der Waals surface area contributed by atoms with Crippen LogP contribution in [0.1, 0.15) is 46.7 Å². The largest absolute Gasteiger partial charge is 0.477 e. The molecule has 0 aliphatic carbocycles. The summed E-state index contributed by atoms with van der Waals surface area (Å²) in [5.41, 5.74) is 1.84. The van der Waals surface area contributed by atoms with Crippen LogP contribution in [0.4, 0.5) is 0 Å². The molecule has 1 atom stereocenters. The van der Waals surface area contributed by atoms with Crippen LogP contribution in [0, 0.1) is 6.92 Å². The zero-order valence-electron chi connectivity index (χ0n) is 11.7. The molecule has 3 heterocycles. The number of carbonyl (C=O) groups is 1. The van der Waals surface area contributed by atoms with Gasteiger partial charge in [-0.05, 0) is 31.7 Å². The lowest BCUT2D eigenvalue weighted by atomic mass is 10.1. The van der Waals surface area contributed by atoms with Gasteiger partial charge in [-0.2, -0.15) is 5.10 Å². The number of carboxylic acids is 1. The van der Waals surface area contributed by atoms with Crippen LogP contribution in [0.25, 0.3) is 10.2 Å². The summed E-state index contributed by atoms with van der Waals surface area (Å²) < 4.78 is 7.52. The third kappa shape index (κ3) is 2.03. The molecule has 0 aromatic carbocycles. The number of carboxylic acid groups (broad SMARTS) is 1. The van der Waals surface area contributed by atoms with Crippen LogP contribution in [0.15, 0.2) is 0 Å². The van der Waals surface area contributed by atoms with Gasteiger partial charge < -0.3 is 9.84 Å². The lowest BCUT2D eigenvalue weighted by Crippen LogP contribution is -2.21. The van der Waals surface area contributed by atoms with Crippen LogP contribution in [0.3, 0.4) is 0 Å². The molecule has 2 aromatic rings. The maximum Gasteiger partial charge on any atom is 0.346 e. The minimum absolute atomic E-state index is 0.227. The average Bonchev–Trinajstić information content (AvgIpc) is 2.98. The normalized spacial score (nSPS) is 19.6. The SMILES string of the molecule is CCc1c(C(=O)O)sc2c1c(C)nn2C1CCCOC1. The number of aromatic carboxylic acids is 1. The van der Waals surface area contributed by atoms with Gasteiger partial charge in [0.05, 0.1) is 18.3 Å². The van der Waals surface area contributed by atoms with Crippen molar-refractivity contribution in [3.8, 4) is 0 Å². The minimum Gasteiger partial charge on any atom is -0.477 e. The molecule has 1 fully saturated rings. The van der Waals surface area contributed by atoms with Gasteiger partial charge in [0.25, 0.3) is 0 Å². The maximum atomic E-state index is 11.4. The predicted octanol–water partition coefficient (Wildman–Crippen LogP) is 3.02. The molecular formula is C14H18N2O3S. The zero-order chi connectivity index (χ0) is 14.3. The fourth-order valence-electron chi connectivity index (χ4n) is 2.92. The highest BCUT2D eigenvalue weighted by Crippen LogP contribution is 2.36. The van der Waals surface area contributed by atoms with Crippen molar-refractivity contribution in [2.24, 2.45) is 0 Å². The van der Waals surface area contributed by atoms with Crippen molar-refractivity contribution >= 4 is 27.5 Å². The number of aryl methyl sites for hydroxylation is 2. The summed E-state index contributed by atoms with van der Waals surface area (Å²) in [5, 5.41) is 15.0.